The molecule has 0 spiro atoms. The van der Waals surface area contributed by atoms with Gasteiger partial charge in [-0.25, -0.2) is 0 Å². The number of benzene rings is 6. The lowest BCUT2D eigenvalue weighted by Crippen LogP contribution is -2.07. The highest BCUT2D eigenvalue weighted by atomic mass is 32.2. The number of hydrogen-bond acceptors (Lipinski definition) is 11. The van der Waals surface area contributed by atoms with Crippen LogP contribution in [0.25, 0.3) is 22.8 Å². The van der Waals surface area contributed by atoms with E-state index in [1.807, 2.05) is 109 Å². The van der Waals surface area contributed by atoms with E-state index in [4.69, 9.17) is 24.4 Å². The van der Waals surface area contributed by atoms with Crippen molar-refractivity contribution in [1.29, 1.82) is 0 Å². The lowest BCUT2D eigenvalue weighted by molar-refractivity contribution is 0.282. The highest BCUT2D eigenvalue weighted by molar-refractivity contribution is 7.98. The SMILES string of the molecule is COc1c2cc(C)cc1COc1ccccc1/C=N/n1c(nnc1-c1ccccc1)SCc1cccc(c1)CSc1nnc(-c3ccccc3)n1/N=C/c1ccccc1OC2. The molecule has 0 saturated carbocycles. The highest BCUT2D eigenvalue weighted by Gasteiger charge is 2.18. The lowest BCUT2D eigenvalue weighted by Gasteiger charge is -2.17. The Balaban J connectivity index is 1.11. The normalized spacial score (nSPS) is 14.2. The molecule has 0 unspecified atom stereocenters. The van der Waals surface area contributed by atoms with Crippen LogP contribution >= 0.6 is 23.5 Å². The molecular formula is C48H40N8O3S2. The molecule has 0 atom stereocenters. The summed E-state index contributed by atoms with van der Waals surface area (Å²) in [6.45, 7) is 2.58. The van der Waals surface area contributed by atoms with Gasteiger partial charge in [-0.3, -0.25) is 0 Å². The second-order valence-corrected chi connectivity index (χ2v) is 16.0. The van der Waals surface area contributed by atoms with E-state index in [1.165, 1.54) is 0 Å². The number of ether oxygens (including phenoxy) is 3. The first-order chi connectivity index (χ1) is 30.1. The first-order valence-electron chi connectivity index (χ1n) is 19.6. The maximum Gasteiger partial charge on any atom is 0.212 e. The van der Waals surface area contributed by atoms with Gasteiger partial charge in [0.15, 0.2) is 11.6 Å². The van der Waals surface area contributed by atoms with E-state index >= 15 is 0 Å². The predicted octanol–water partition coefficient (Wildman–Crippen LogP) is 10.3. The maximum absolute atomic E-state index is 6.52. The van der Waals surface area contributed by atoms with Crippen molar-refractivity contribution < 1.29 is 14.2 Å². The molecule has 2 aromatic heterocycles. The van der Waals surface area contributed by atoms with Gasteiger partial charge in [0.05, 0.1) is 19.5 Å². The third-order valence-corrected chi connectivity index (χ3v) is 11.8. The molecule has 9 rings (SSSR count). The minimum atomic E-state index is 0.261. The largest absolute Gasteiger partial charge is 0.496 e. The molecule has 4 bridgehead atoms. The van der Waals surface area contributed by atoms with Crippen molar-refractivity contribution in [3.8, 4) is 40.0 Å². The zero-order valence-corrected chi connectivity index (χ0v) is 35.1. The number of thioether (sulfide) groups is 2. The van der Waals surface area contributed by atoms with Gasteiger partial charge in [0, 0.05) is 44.9 Å². The van der Waals surface area contributed by atoms with E-state index in [2.05, 4.69) is 63.7 Å². The average molecular weight is 841 g/mol. The number of methoxy groups -OCH3 is 1. The molecule has 302 valence electrons. The Morgan fingerprint density at radius 3 is 1.46 bits per heavy atom. The van der Waals surface area contributed by atoms with Gasteiger partial charge in [-0.1, -0.05) is 138 Å². The molecule has 0 aliphatic carbocycles. The average Bonchev–Trinajstić information content (AvgIpc) is 3.91. The summed E-state index contributed by atoms with van der Waals surface area (Å²) in [7, 11) is 1.67. The van der Waals surface area contributed by atoms with Crippen LogP contribution < -0.4 is 14.2 Å². The van der Waals surface area contributed by atoms with Crippen LogP contribution in [0.2, 0.25) is 0 Å². The number of hydrogen-bond donors (Lipinski definition) is 0. The molecule has 0 fully saturated rings. The van der Waals surface area contributed by atoms with Crippen molar-refractivity contribution >= 4 is 36.0 Å². The van der Waals surface area contributed by atoms with Crippen LogP contribution in [0.4, 0.5) is 0 Å². The van der Waals surface area contributed by atoms with Gasteiger partial charge < -0.3 is 14.2 Å². The second-order valence-electron chi connectivity index (χ2n) is 14.1. The van der Waals surface area contributed by atoms with Gasteiger partial charge in [0.2, 0.25) is 10.3 Å². The molecule has 0 amide bonds. The zero-order valence-electron chi connectivity index (χ0n) is 33.5. The Labute approximate surface area is 362 Å². The highest BCUT2D eigenvalue weighted by Crippen LogP contribution is 2.32. The smallest absolute Gasteiger partial charge is 0.212 e. The van der Waals surface area contributed by atoms with Crippen molar-refractivity contribution in [2.45, 2.75) is 42.0 Å². The summed E-state index contributed by atoms with van der Waals surface area (Å²) >= 11 is 3.15. The summed E-state index contributed by atoms with van der Waals surface area (Å²) in [6.07, 6.45) is 3.60. The number of aromatic nitrogens is 6. The van der Waals surface area contributed by atoms with Crippen molar-refractivity contribution in [2.75, 3.05) is 7.11 Å². The first-order valence-corrected chi connectivity index (χ1v) is 21.6. The van der Waals surface area contributed by atoms with E-state index in [0.29, 0.717) is 50.7 Å². The molecule has 3 heterocycles. The van der Waals surface area contributed by atoms with Crippen LogP contribution in [0, 0.1) is 6.92 Å². The van der Waals surface area contributed by atoms with Crippen LogP contribution in [-0.2, 0) is 24.7 Å². The summed E-state index contributed by atoms with van der Waals surface area (Å²) in [5, 5.41) is 29.7. The topological polar surface area (TPSA) is 114 Å². The molecule has 8 aromatic rings. The Morgan fingerprint density at radius 2 is 0.984 bits per heavy atom. The van der Waals surface area contributed by atoms with Crippen molar-refractivity contribution in [3.05, 3.63) is 185 Å². The van der Waals surface area contributed by atoms with E-state index in [0.717, 1.165) is 50.1 Å². The third-order valence-electron chi connectivity index (χ3n) is 9.84. The Bertz CT molecular complexity index is 2660. The minimum Gasteiger partial charge on any atom is -0.496 e. The maximum atomic E-state index is 6.52. The van der Waals surface area contributed by atoms with Gasteiger partial charge in [-0.2, -0.15) is 19.6 Å². The molecule has 61 heavy (non-hydrogen) atoms. The molecule has 1 aliphatic rings. The van der Waals surface area contributed by atoms with Gasteiger partial charge >= 0.3 is 0 Å². The van der Waals surface area contributed by atoms with Gasteiger partial charge in [-0.15, -0.1) is 20.4 Å². The summed E-state index contributed by atoms with van der Waals surface area (Å²) in [4.78, 5) is 0. The predicted molar refractivity (Wildman–Crippen MR) is 242 cm³/mol. The van der Waals surface area contributed by atoms with E-state index in [-0.39, 0.29) is 13.2 Å². The third kappa shape index (κ3) is 9.13. The lowest BCUT2D eigenvalue weighted by atomic mass is 10.1. The zero-order chi connectivity index (χ0) is 41.4. The van der Waals surface area contributed by atoms with Crippen LogP contribution in [0.15, 0.2) is 166 Å². The summed E-state index contributed by atoms with van der Waals surface area (Å²) in [5.74, 6) is 4.63. The fourth-order valence-electron chi connectivity index (χ4n) is 6.95. The van der Waals surface area contributed by atoms with Crippen LogP contribution in [-0.4, -0.2) is 49.3 Å². The Hall–Kier alpha value is -6.96. The molecule has 13 heteroatoms. The van der Waals surface area contributed by atoms with Gasteiger partial charge in [0.25, 0.3) is 0 Å². The number of para-hydroxylation sites is 2. The van der Waals surface area contributed by atoms with Crippen LogP contribution in [0.1, 0.15) is 38.9 Å². The molecular weight excluding hydrogens is 801 g/mol. The monoisotopic (exact) mass is 840 g/mol. The van der Waals surface area contributed by atoms with Crippen molar-refractivity contribution in [1.82, 2.24) is 29.7 Å². The number of fused-ring (bicyclic) bond motifs is 8. The molecule has 0 saturated heterocycles. The summed E-state index contributed by atoms with van der Waals surface area (Å²) in [5.41, 5.74) is 8.54. The summed E-state index contributed by atoms with van der Waals surface area (Å²) < 4.78 is 22.7. The van der Waals surface area contributed by atoms with Gasteiger partial charge in [0.1, 0.15) is 30.5 Å². The minimum absolute atomic E-state index is 0.261. The molecule has 0 radical (unpaired) electrons. The van der Waals surface area contributed by atoms with Crippen molar-refractivity contribution in [3.63, 3.8) is 0 Å². The quantitative estimate of drug-likeness (QED) is 0.172. The van der Waals surface area contributed by atoms with Crippen LogP contribution in [0.5, 0.6) is 17.2 Å². The number of rotatable bonds is 3. The Kier molecular flexibility index (Phi) is 12.0. The molecule has 11 nitrogen and oxygen atoms in total. The Morgan fingerprint density at radius 1 is 0.525 bits per heavy atom. The molecule has 1 aliphatic heterocycles. The van der Waals surface area contributed by atoms with Gasteiger partial charge in [-0.05, 0) is 54.4 Å². The fourth-order valence-corrected chi connectivity index (χ4v) is 8.61. The van der Waals surface area contributed by atoms with E-state index in [9.17, 15) is 0 Å². The van der Waals surface area contributed by atoms with Crippen LogP contribution in [0.3, 0.4) is 0 Å². The fraction of sp³-hybridized carbons (Fsp3) is 0.125. The summed E-state index contributed by atoms with van der Waals surface area (Å²) in [6, 6.07) is 48.3. The van der Waals surface area contributed by atoms with E-state index in [1.54, 1.807) is 52.4 Å². The molecule has 6 aromatic carbocycles. The number of aryl methyl sites for hydroxylation is 1. The van der Waals surface area contributed by atoms with Crippen molar-refractivity contribution in [2.24, 2.45) is 10.2 Å². The second kappa shape index (κ2) is 18.5. The van der Waals surface area contributed by atoms with E-state index < -0.39 is 0 Å². The standard InChI is InChI=1S/C48H40N8O3S2/c1-33-24-40-29-58-42-22-11-9-20-38(42)27-49-55-45(36-16-5-3-6-17-36)51-53-47(55)60-31-34-14-13-15-35(26-34)32-61-48-54-52-46(37-18-7-4-8-19-37)56(48)50-28-39-21-10-12-23-43(39)59-30-41(25-33)44(40)57-2/h3-28H,29-32H2,1-2H3/b49-27+,50-28+. The molecule has 0 N–H and O–H groups in total. The first kappa shape index (κ1) is 39.5. The number of nitrogens with zero attached hydrogens (tertiary/aromatic N) is 8.